The molecule has 0 saturated heterocycles. The van der Waals surface area contributed by atoms with Gasteiger partial charge in [0.2, 0.25) is 0 Å². The molecule has 1 heterocycles. The highest BCUT2D eigenvalue weighted by atomic mass is 16.5. The van der Waals surface area contributed by atoms with Crippen LogP contribution in [0.4, 0.5) is 0 Å². The first-order valence-electron chi connectivity index (χ1n) is 5.11. The van der Waals surface area contributed by atoms with Gasteiger partial charge >= 0.3 is 0 Å². The molecule has 3 nitrogen and oxygen atoms in total. The predicted molar refractivity (Wildman–Crippen MR) is 52.5 cm³/mol. The maximum atomic E-state index is 5.65. The smallest absolute Gasteiger partial charge is 0.282 e. The van der Waals surface area contributed by atoms with Crippen molar-refractivity contribution in [2.75, 3.05) is 0 Å². The van der Waals surface area contributed by atoms with Crippen LogP contribution in [0.5, 0.6) is 0 Å². The van der Waals surface area contributed by atoms with Gasteiger partial charge in [0.25, 0.3) is 6.02 Å². The van der Waals surface area contributed by atoms with Gasteiger partial charge in [0.15, 0.2) is 0 Å². The van der Waals surface area contributed by atoms with Crippen molar-refractivity contribution in [3.63, 3.8) is 0 Å². The van der Waals surface area contributed by atoms with Gasteiger partial charge in [0, 0.05) is 5.92 Å². The number of rotatable bonds is 0. The standard InChI is InChI=1S/C10H18N2O/c1-10(2)7-5-3-4-6-8(7)13-9(11)12-10/h7-8H,3-6H2,1-2H3,(H2,11,12). The van der Waals surface area contributed by atoms with Gasteiger partial charge in [0.1, 0.15) is 6.10 Å². The highest BCUT2D eigenvalue weighted by molar-refractivity contribution is 5.73. The van der Waals surface area contributed by atoms with Gasteiger partial charge < -0.3 is 10.5 Å². The molecule has 0 amide bonds. The lowest BCUT2D eigenvalue weighted by atomic mass is 9.74. The molecule has 1 saturated carbocycles. The number of nitrogens with zero attached hydrogens (tertiary/aromatic N) is 1. The molecule has 1 fully saturated rings. The van der Waals surface area contributed by atoms with E-state index < -0.39 is 0 Å². The van der Waals surface area contributed by atoms with Crippen molar-refractivity contribution in [1.29, 1.82) is 0 Å². The highest BCUT2D eigenvalue weighted by Crippen LogP contribution is 2.39. The molecule has 2 N–H and O–H groups in total. The summed E-state index contributed by atoms with van der Waals surface area (Å²) in [6.07, 6.45) is 5.27. The van der Waals surface area contributed by atoms with Gasteiger partial charge in [-0.15, -0.1) is 0 Å². The Kier molecular flexibility index (Phi) is 1.97. The van der Waals surface area contributed by atoms with E-state index in [1.54, 1.807) is 0 Å². The van der Waals surface area contributed by atoms with Gasteiger partial charge in [-0.3, -0.25) is 0 Å². The van der Waals surface area contributed by atoms with Crippen LogP contribution < -0.4 is 5.73 Å². The second kappa shape index (κ2) is 2.89. The van der Waals surface area contributed by atoms with Crippen LogP contribution in [0.1, 0.15) is 39.5 Å². The third-order valence-electron chi connectivity index (χ3n) is 3.28. The number of aliphatic imine (C=N–C) groups is 1. The lowest BCUT2D eigenvalue weighted by Crippen LogP contribution is -2.48. The zero-order chi connectivity index (χ0) is 9.47. The molecule has 0 aromatic heterocycles. The number of nitrogens with two attached hydrogens (primary N) is 1. The summed E-state index contributed by atoms with van der Waals surface area (Å²) in [6.45, 7) is 4.32. The molecule has 0 aromatic rings. The fourth-order valence-electron chi connectivity index (χ4n) is 2.59. The lowest BCUT2D eigenvalue weighted by molar-refractivity contribution is 0.0233. The third-order valence-corrected chi connectivity index (χ3v) is 3.28. The molecule has 0 aromatic carbocycles. The molecule has 1 aliphatic heterocycles. The summed E-state index contributed by atoms with van der Waals surface area (Å²) >= 11 is 0. The number of hydrogen-bond acceptors (Lipinski definition) is 3. The van der Waals surface area contributed by atoms with Crippen molar-refractivity contribution in [3.05, 3.63) is 0 Å². The number of amidine groups is 1. The van der Waals surface area contributed by atoms with E-state index in [1.165, 1.54) is 19.3 Å². The van der Waals surface area contributed by atoms with Crippen molar-refractivity contribution in [1.82, 2.24) is 0 Å². The van der Waals surface area contributed by atoms with E-state index in [-0.39, 0.29) is 5.54 Å². The summed E-state index contributed by atoms with van der Waals surface area (Å²) in [5.74, 6) is 0.563. The molecule has 0 bridgehead atoms. The fourth-order valence-corrected chi connectivity index (χ4v) is 2.59. The molecule has 2 rings (SSSR count). The molecule has 3 heteroatoms. The fraction of sp³-hybridized carbons (Fsp3) is 0.900. The van der Waals surface area contributed by atoms with Crippen LogP contribution in [0.3, 0.4) is 0 Å². The quantitative estimate of drug-likeness (QED) is 0.619. The monoisotopic (exact) mass is 182 g/mol. The summed E-state index contributed by atoms with van der Waals surface area (Å²) in [4.78, 5) is 4.37. The molecule has 0 spiro atoms. The Labute approximate surface area is 79.4 Å². The average Bonchev–Trinajstić information content (AvgIpc) is 2.02. The first-order valence-corrected chi connectivity index (χ1v) is 5.11. The number of fused-ring (bicyclic) bond motifs is 1. The summed E-state index contributed by atoms with van der Waals surface area (Å²) in [6, 6.07) is 0.383. The summed E-state index contributed by atoms with van der Waals surface area (Å²) in [7, 11) is 0. The van der Waals surface area contributed by atoms with Gasteiger partial charge in [-0.1, -0.05) is 6.42 Å². The van der Waals surface area contributed by atoms with Crippen molar-refractivity contribution >= 4 is 6.02 Å². The first kappa shape index (κ1) is 8.85. The SMILES string of the molecule is CC1(C)N=C(N)OC2CCCCC21. The Morgan fingerprint density at radius 1 is 1.38 bits per heavy atom. The Balaban J connectivity index is 2.23. The second-order valence-corrected chi connectivity index (χ2v) is 4.65. The predicted octanol–water partition coefficient (Wildman–Crippen LogP) is 1.67. The highest BCUT2D eigenvalue weighted by Gasteiger charge is 2.42. The van der Waals surface area contributed by atoms with Crippen molar-refractivity contribution < 1.29 is 4.74 Å². The minimum atomic E-state index is -0.0204. The van der Waals surface area contributed by atoms with Gasteiger partial charge in [-0.2, -0.15) is 0 Å². The lowest BCUT2D eigenvalue weighted by Gasteiger charge is -2.43. The molecule has 2 unspecified atom stereocenters. The zero-order valence-electron chi connectivity index (χ0n) is 8.42. The van der Waals surface area contributed by atoms with E-state index in [1.807, 2.05) is 0 Å². The minimum Gasteiger partial charge on any atom is -0.462 e. The normalized spacial score (nSPS) is 37.2. The molecular weight excluding hydrogens is 164 g/mol. The summed E-state index contributed by atoms with van der Waals surface area (Å²) in [5, 5.41) is 0. The summed E-state index contributed by atoms with van der Waals surface area (Å²) < 4.78 is 5.55. The van der Waals surface area contributed by atoms with E-state index in [9.17, 15) is 0 Å². The van der Waals surface area contributed by atoms with Gasteiger partial charge in [0.05, 0.1) is 5.54 Å². The van der Waals surface area contributed by atoms with Crippen LogP contribution in [0, 0.1) is 5.92 Å². The molecule has 2 aliphatic rings. The maximum Gasteiger partial charge on any atom is 0.282 e. The van der Waals surface area contributed by atoms with Crippen LogP contribution in [-0.2, 0) is 4.74 Å². The van der Waals surface area contributed by atoms with E-state index in [4.69, 9.17) is 10.5 Å². The van der Waals surface area contributed by atoms with E-state index >= 15 is 0 Å². The summed E-state index contributed by atoms with van der Waals surface area (Å²) in [5.41, 5.74) is 5.62. The zero-order valence-corrected chi connectivity index (χ0v) is 8.42. The maximum absolute atomic E-state index is 5.65. The Morgan fingerprint density at radius 3 is 2.85 bits per heavy atom. The average molecular weight is 182 g/mol. The molecule has 2 atom stereocenters. The van der Waals surface area contributed by atoms with Gasteiger partial charge in [-0.05, 0) is 33.1 Å². The molecule has 74 valence electrons. The van der Waals surface area contributed by atoms with Gasteiger partial charge in [-0.25, -0.2) is 4.99 Å². The third kappa shape index (κ3) is 1.52. The topological polar surface area (TPSA) is 47.6 Å². The second-order valence-electron chi connectivity index (χ2n) is 4.65. The Hall–Kier alpha value is -0.730. The Morgan fingerprint density at radius 2 is 2.08 bits per heavy atom. The first-order chi connectivity index (χ1) is 6.09. The van der Waals surface area contributed by atoms with Crippen LogP contribution in [0.25, 0.3) is 0 Å². The molecule has 1 aliphatic carbocycles. The van der Waals surface area contributed by atoms with E-state index in [0.29, 0.717) is 18.0 Å². The minimum absolute atomic E-state index is 0.0204. The van der Waals surface area contributed by atoms with Crippen LogP contribution in [-0.4, -0.2) is 17.7 Å². The molecular formula is C10H18N2O. The van der Waals surface area contributed by atoms with Crippen LogP contribution in [0.15, 0.2) is 4.99 Å². The van der Waals surface area contributed by atoms with Crippen LogP contribution in [0.2, 0.25) is 0 Å². The number of hydrogen-bond donors (Lipinski definition) is 1. The molecule has 0 radical (unpaired) electrons. The number of ether oxygens (including phenoxy) is 1. The largest absolute Gasteiger partial charge is 0.462 e. The van der Waals surface area contributed by atoms with E-state index in [0.717, 1.165) is 6.42 Å². The van der Waals surface area contributed by atoms with Crippen molar-refractivity contribution in [2.24, 2.45) is 16.6 Å². The molecule has 13 heavy (non-hydrogen) atoms. The van der Waals surface area contributed by atoms with Crippen molar-refractivity contribution in [3.8, 4) is 0 Å². The Bertz CT molecular complexity index is 235. The van der Waals surface area contributed by atoms with Crippen molar-refractivity contribution in [2.45, 2.75) is 51.2 Å². The van der Waals surface area contributed by atoms with Crippen LogP contribution >= 0.6 is 0 Å². The van der Waals surface area contributed by atoms with E-state index in [2.05, 4.69) is 18.8 Å².